The first-order valence-corrected chi connectivity index (χ1v) is 11.9. The summed E-state index contributed by atoms with van der Waals surface area (Å²) in [5.41, 5.74) is 9.85. The SMILES string of the molecule is Cc1cc(-c2c(OCCN3CCCc4ncccc43)nc(N)nc2-c2ccc(F)cc2)cc(C(F)F)n1. The highest BCUT2D eigenvalue weighted by atomic mass is 19.3. The molecule has 1 aliphatic heterocycles. The summed E-state index contributed by atoms with van der Waals surface area (Å²) < 4.78 is 47.0. The largest absolute Gasteiger partial charge is 0.475 e. The fourth-order valence-corrected chi connectivity index (χ4v) is 4.54. The third kappa shape index (κ3) is 5.32. The molecule has 190 valence electrons. The minimum atomic E-state index is -2.76. The number of halogens is 3. The van der Waals surface area contributed by atoms with Crippen LogP contribution in [0.1, 0.15) is 29.9 Å². The van der Waals surface area contributed by atoms with E-state index in [0.29, 0.717) is 34.6 Å². The van der Waals surface area contributed by atoms with Gasteiger partial charge in [-0.15, -0.1) is 0 Å². The van der Waals surface area contributed by atoms with E-state index in [9.17, 15) is 13.2 Å². The summed E-state index contributed by atoms with van der Waals surface area (Å²) in [6.45, 7) is 3.31. The zero-order valence-corrected chi connectivity index (χ0v) is 20.2. The standard InChI is InChI=1S/C27H25F3N6O/c1-16-14-18(15-21(33-16)25(29)30)23-24(17-6-8-19(28)9-7-17)34-27(31)35-26(23)37-13-12-36-11-3-4-20-22(36)5-2-10-32-20/h2,5-10,14-15,25H,3-4,11-13H2,1H3,(H2,31,34,35). The smallest absolute Gasteiger partial charge is 0.280 e. The van der Waals surface area contributed by atoms with Gasteiger partial charge in [0.05, 0.1) is 29.2 Å². The Morgan fingerprint density at radius 1 is 1.05 bits per heavy atom. The lowest BCUT2D eigenvalue weighted by Gasteiger charge is -2.30. The van der Waals surface area contributed by atoms with Gasteiger partial charge >= 0.3 is 0 Å². The summed E-state index contributed by atoms with van der Waals surface area (Å²) in [5, 5.41) is 0. The maximum atomic E-state index is 13.6. The number of nitrogen functional groups attached to an aromatic ring is 1. The first-order chi connectivity index (χ1) is 17.9. The predicted molar refractivity (Wildman–Crippen MR) is 135 cm³/mol. The molecule has 0 unspecified atom stereocenters. The average molecular weight is 507 g/mol. The molecule has 0 fully saturated rings. The van der Waals surface area contributed by atoms with Gasteiger partial charge < -0.3 is 15.4 Å². The quantitative estimate of drug-likeness (QED) is 0.359. The minimum Gasteiger partial charge on any atom is -0.475 e. The fraction of sp³-hybridized carbons (Fsp3) is 0.259. The third-order valence-electron chi connectivity index (χ3n) is 6.14. The second-order valence-electron chi connectivity index (χ2n) is 8.75. The number of benzene rings is 1. The van der Waals surface area contributed by atoms with Gasteiger partial charge in [-0.25, -0.2) is 18.2 Å². The number of anilines is 2. The number of pyridine rings is 2. The number of aromatic nitrogens is 4. The van der Waals surface area contributed by atoms with Gasteiger partial charge in [-0.1, -0.05) is 0 Å². The molecule has 4 heterocycles. The molecule has 0 amide bonds. The van der Waals surface area contributed by atoms with Crippen LogP contribution in [-0.4, -0.2) is 39.6 Å². The normalized spacial score (nSPS) is 13.1. The van der Waals surface area contributed by atoms with Crippen LogP contribution in [0, 0.1) is 12.7 Å². The highest BCUT2D eigenvalue weighted by molar-refractivity contribution is 5.85. The van der Waals surface area contributed by atoms with Crippen LogP contribution in [0.5, 0.6) is 5.88 Å². The number of alkyl halides is 2. The van der Waals surface area contributed by atoms with Crippen LogP contribution in [0.25, 0.3) is 22.4 Å². The van der Waals surface area contributed by atoms with E-state index >= 15 is 0 Å². The summed E-state index contributed by atoms with van der Waals surface area (Å²) in [5.74, 6) is -0.314. The number of hydrogen-bond donors (Lipinski definition) is 1. The Kier molecular flexibility index (Phi) is 6.89. The lowest BCUT2D eigenvalue weighted by Crippen LogP contribution is -2.33. The zero-order chi connectivity index (χ0) is 25.9. The lowest BCUT2D eigenvalue weighted by atomic mass is 9.99. The molecule has 0 atom stereocenters. The Morgan fingerprint density at radius 2 is 1.86 bits per heavy atom. The van der Waals surface area contributed by atoms with Crippen LogP contribution in [-0.2, 0) is 6.42 Å². The number of rotatable bonds is 7. The molecule has 0 aliphatic carbocycles. The Morgan fingerprint density at radius 3 is 2.65 bits per heavy atom. The van der Waals surface area contributed by atoms with Gasteiger partial charge in [0.2, 0.25) is 11.8 Å². The molecular formula is C27H25F3N6O. The molecule has 1 aliphatic rings. The van der Waals surface area contributed by atoms with Crippen molar-refractivity contribution >= 4 is 11.6 Å². The van der Waals surface area contributed by atoms with Gasteiger partial charge in [-0.3, -0.25) is 9.97 Å². The second-order valence-corrected chi connectivity index (χ2v) is 8.75. The maximum absolute atomic E-state index is 13.6. The Bertz CT molecular complexity index is 1410. The predicted octanol–water partition coefficient (Wildman–Crippen LogP) is 5.40. The summed E-state index contributed by atoms with van der Waals surface area (Å²) in [6, 6.07) is 12.6. The van der Waals surface area contributed by atoms with Crippen LogP contribution in [0.3, 0.4) is 0 Å². The zero-order valence-electron chi connectivity index (χ0n) is 20.2. The average Bonchev–Trinajstić information content (AvgIpc) is 2.88. The highest BCUT2D eigenvalue weighted by Crippen LogP contribution is 2.39. The summed E-state index contributed by atoms with van der Waals surface area (Å²) in [6.07, 6.45) is 0.933. The highest BCUT2D eigenvalue weighted by Gasteiger charge is 2.22. The monoisotopic (exact) mass is 506 g/mol. The van der Waals surface area contributed by atoms with Gasteiger partial charge in [0, 0.05) is 24.0 Å². The van der Waals surface area contributed by atoms with Gasteiger partial charge in [0.1, 0.15) is 18.1 Å². The van der Waals surface area contributed by atoms with E-state index in [4.69, 9.17) is 10.5 Å². The number of ether oxygens (including phenoxy) is 1. The molecular weight excluding hydrogens is 481 g/mol. The van der Waals surface area contributed by atoms with E-state index in [0.717, 1.165) is 30.8 Å². The van der Waals surface area contributed by atoms with Crippen molar-refractivity contribution in [1.29, 1.82) is 0 Å². The molecule has 0 spiro atoms. The van der Waals surface area contributed by atoms with Crippen molar-refractivity contribution < 1.29 is 17.9 Å². The summed E-state index contributed by atoms with van der Waals surface area (Å²) >= 11 is 0. The number of hydrogen-bond acceptors (Lipinski definition) is 7. The molecule has 37 heavy (non-hydrogen) atoms. The molecule has 7 nitrogen and oxygen atoms in total. The van der Waals surface area contributed by atoms with Gasteiger partial charge in [0.15, 0.2) is 0 Å². The number of nitrogens with zero attached hydrogens (tertiary/aromatic N) is 5. The molecule has 5 rings (SSSR count). The fourth-order valence-electron chi connectivity index (χ4n) is 4.54. The van der Waals surface area contributed by atoms with Crippen molar-refractivity contribution in [2.45, 2.75) is 26.2 Å². The van der Waals surface area contributed by atoms with E-state index in [1.54, 1.807) is 31.3 Å². The van der Waals surface area contributed by atoms with E-state index in [2.05, 4.69) is 24.8 Å². The van der Waals surface area contributed by atoms with Crippen LogP contribution in [0.4, 0.5) is 24.8 Å². The third-order valence-corrected chi connectivity index (χ3v) is 6.14. The van der Waals surface area contributed by atoms with Crippen molar-refractivity contribution in [2.24, 2.45) is 0 Å². The van der Waals surface area contributed by atoms with Crippen LogP contribution >= 0.6 is 0 Å². The van der Waals surface area contributed by atoms with Crippen LogP contribution in [0.15, 0.2) is 54.7 Å². The van der Waals surface area contributed by atoms with Crippen LogP contribution < -0.4 is 15.4 Å². The van der Waals surface area contributed by atoms with Gasteiger partial charge in [0.25, 0.3) is 6.43 Å². The Balaban J connectivity index is 1.53. The van der Waals surface area contributed by atoms with Crippen molar-refractivity contribution in [2.75, 3.05) is 30.3 Å². The molecule has 3 aromatic heterocycles. The Hall–Kier alpha value is -4.21. The van der Waals surface area contributed by atoms with Crippen molar-refractivity contribution in [1.82, 2.24) is 19.9 Å². The number of aryl methyl sites for hydroxylation is 2. The molecule has 1 aromatic carbocycles. The van der Waals surface area contributed by atoms with E-state index < -0.39 is 12.2 Å². The van der Waals surface area contributed by atoms with E-state index in [1.807, 2.05) is 12.1 Å². The molecule has 0 saturated carbocycles. The molecule has 10 heteroatoms. The van der Waals surface area contributed by atoms with Crippen molar-refractivity contribution in [3.63, 3.8) is 0 Å². The topological polar surface area (TPSA) is 90.0 Å². The minimum absolute atomic E-state index is 0.0505. The lowest BCUT2D eigenvalue weighted by molar-refractivity contribution is 0.146. The van der Waals surface area contributed by atoms with Gasteiger partial charge in [-0.05, 0) is 73.9 Å². The van der Waals surface area contributed by atoms with E-state index in [-0.39, 0.29) is 24.1 Å². The first-order valence-electron chi connectivity index (χ1n) is 11.9. The Labute approximate surface area is 212 Å². The van der Waals surface area contributed by atoms with Crippen molar-refractivity contribution in [3.8, 4) is 28.3 Å². The molecule has 0 bridgehead atoms. The molecule has 4 aromatic rings. The van der Waals surface area contributed by atoms with Crippen molar-refractivity contribution in [3.05, 3.63) is 77.6 Å². The number of nitrogens with two attached hydrogens (primary N) is 1. The van der Waals surface area contributed by atoms with E-state index in [1.165, 1.54) is 18.2 Å². The summed E-state index contributed by atoms with van der Waals surface area (Å²) in [7, 11) is 0. The second kappa shape index (κ2) is 10.4. The van der Waals surface area contributed by atoms with Gasteiger partial charge in [-0.2, -0.15) is 4.98 Å². The molecule has 0 radical (unpaired) electrons. The van der Waals surface area contributed by atoms with Crippen LogP contribution in [0.2, 0.25) is 0 Å². The maximum Gasteiger partial charge on any atom is 0.280 e. The molecule has 0 saturated heterocycles. The molecule has 2 N–H and O–H groups in total. The first kappa shape index (κ1) is 24.5. The number of fused-ring (bicyclic) bond motifs is 1. The summed E-state index contributed by atoms with van der Waals surface area (Å²) in [4.78, 5) is 19.3.